The molecule has 0 radical (unpaired) electrons. The minimum atomic E-state index is -0.394. The molecule has 220 valence electrons. The van der Waals surface area contributed by atoms with Crippen molar-refractivity contribution in [2.45, 2.75) is 51.5 Å². The van der Waals surface area contributed by atoms with E-state index in [0.717, 1.165) is 60.1 Å². The van der Waals surface area contributed by atoms with Gasteiger partial charge in [-0.1, -0.05) is 67.4 Å². The number of benzene rings is 2. The maximum Gasteiger partial charge on any atom is 0.325 e. The van der Waals surface area contributed by atoms with E-state index in [-0.39, 0.29) is 16.9 Å². The van der Waals surface area contributed by atoms with E-state index in [0.29, 0.717) is 26.3 Å². The number of amides is 2. The van der Waals surface area contributed by atoms with E-state index in [9.17, 15) is 4.79 Å². The molecule has 1 unspecified atom stereocenters. The van der Waals surface area contributed by atoms with Crippen molar-refractivity contribution in [3.8, 4) is 5.75 Å². The van der Waals surface area contributed by atoms with E-state index in [2.05, 4.69) is 57.7 Å². The number of ether oxygens (including phenoxy) is 1. The summed E-state index contributed by atoms with van der Waals surface area (Å²) in [6.45, 7) is 8.65. The van der Waals surface area contributed by atoms with Crippen LogP contribution < -0.4 is 25.6 Å². The van der Waals surface area contributed by atoms with Crippen LogP contribution in [0.4, 0.5) is 27.0 Å². The lowest BCUT2D eigenvalue weighted by atomic mass is 9.66. The number of carbonyl (C=O) groups excluding carboxylic acids is 1. The van der Waals surface area contributed by atoms with Crippen molar-refractivity contribution in [2.24, 2.45) is 5.41 Å². The van der Waals surface area contributed by atoms with Gasteiger partial charge in [0.05, 0.1) is 24.2 Å². The highest BCUT2D eigenvalue weighted by molar-refractivity contribution is 7.22. The molecule has 42 heavy (non-hydrogen) atoms. The maximum absolute atomic E-state index is 13.3. The Kier molecular flexibility index (Phi) is 7.72. The second kappa shape index (κ2) is 11.2. The Morgan fingerprint density at radius 2 is 1.86 bits per heavy atom. The van der Waals surface area contributed by atoms with Crippen LogP contribution >= 0.6 is 34.5 Å². The first-order valence-electron chi connectivity index (χ1n) is 14.1. The predicted molar refractivity (Wildman–Crippen MR) is 173 cm³/mol. The molecule has 1 fully saturated rings. The minimum Gasteiger partial charge on any atom is -0.495 e. The first-order chi connectivity index (χ1) is 20.1. The predicted octanol–water partition coefficient (Wildman–Crippen LogP) is 8.23. The van der Waals surface area contributed by atoms with E-state index in [1.54, 1.807) is 19.2 Å². The molecule has 6 rings (SSSR count). The lowest BCUT2D eigenvalue weighted by molar-refractivity contribution is 0.216. The Balaban J connectivity index is 1.42. The van der Waals surface area contributed by atoms with E-state index in [1.165, 1.54) is 11.3 Å². The summed E-state index contributed by atoms with van der Waals surface area (Å²) in [5.74, 6) is 0.767. The van der Waals surface area contributed by atoms with Crippen molar-refractivity contribution >= 4 is 73.1 Å². The van der Waals surface area contributed by atoms with Gasteiger partial charge in [-0.25, -0.2) is 14.8 Å². The summed E-state index contributed by atoms with van der Waals surface area (Å²) in [6, 6.07) is 15.0. The van der Waals surface area contributed by atoms with Gasteiger partial charge in [-0.05, 0) is 74.2 Å². The number of rotatable bonds is 5. The number of nitrogens with one attached hydrogen (secondary N) is 3. The summed E-state index contributed by atoms with van der Waals surface area (Å²) in [5, 5.41) is 11.1. The monoisotopic (exact) mass is 624 g/mol. The van der Waals surface area contributed by atoms with Crippen molar-refractivity contribution in [1.82, 2.24) is 15.3 Å². The number of hydrogen-bond donors (Lipinski definition) is 3. The molecule has 1 atom stereocenters. The number of thiazole rings is 1. The summed E-state index contributed by atoms with van der Waals surface area (Å²) in [7, 11) is 1.70. The summed E-state index contributed by atoms with van der Waals surface area (Å²) in [5.41, 5.74) is 4.21. The van der Waals surface area contributed by atoms with E-state index < -0.39 is 6.03 Å². The molecule has 0 aliphatic carbocycles. The van der Waals surface area contributed by atoms with Gasteiger partial charge in [-0.2, -0.15) is 0 Å². The second-order valence-electron chi connectivity index (χ2n) is 12.1. The van der Waals surface area contributed by atoms with Gasteiger partial charge in [0, 0.05) is 22.0 Å². The normalized spacial score (nSPS) is 17.9. The number of hydrogen-bond acceptors (Lipinski definition) is 7. The summed E-state index contributed by atoms with van der Waals surface area (Å²) >= 11 is 14.4. The maximum atomic E-state index is 13.3. The first kappa shape index (κ1) is 29.0. The van der Waals surface area contributed by atoms with Gasteiger partial charge >= 0.3 is 6.03 Å². The van der Waals surface area contributed by atoms with E-state index in [4.69, 9.17) is 27.9 Å². The fourth-order valence-electron chi connectivity index (χ4n) is 6.49. The topological polar surface area (TPSA) is 91.4 Å². The molecule has 2 aromatic heterocycles. The molecule has 1 spiro atoms. The van der Waals surface area contributed by atoms with Crippen molar-refractivity contribution in [1.29, 1.82) is 0 Å². The number of nitrogens with zero attached hydrogens (tertiary/aromatic N) is 3. The SMILES string of the molecule is COc1ccc(Cl)c2c1N(c1ccccc1NC(=O)Nc1nc3ccc(Cl)nc3s1)C(CC(C)(C)C)C21CCNCC1. The van der Waals surface area contributed by atoms with Crippen LogP contribution in [0.5, 0.6) is 5.75 Å². The van der Waals surface area contributed by atoms with E-state index >= 15 is 0 Å². The molecule has 4 aromatic rings. The highest BCUT2D eigenvalue weighted by Gasteiger charge is 2.55. The number of methoxy groups -OCH3 is 1. The molecule has 8 nitrogen and oxygen atoms in total. The fourth-order valence-corrected chi connectivity index (χ4v) is 7.87. The van der Waals surface area contributed by atoms with Crippen molar-refractivity contribution in [3.05, 3.63) is 64.3 Å². The number of carbonyl (C=O) groups is 1. The van der Waals surface area contributed by atoms with Crippen molar-refractivity contribution in [2.75, 3.05) is 35.7 Å². The fraction of sp³-hybridized carbons (Fsp3) is 0.387. The Hall–Kier alpha value is -3.11. The Morgan fingerprint density at radius 3 is 2.60 bits per heavy atom. The van der Waals surface area contributed by atoms with Crippen LogP contribution in [-0.2, 0) is 5.41 Å². The van der Waals surface area contributed by atoms with Crippen molar-refractivity contribution < 1.29 is 9.53 Å². The molecule has 11 heteroatoms. The zero-order valence-electron chi connectivity index (χ0n) is 24.1. The van der Waals surface area contributed by atoms with Crippen LogP contribution in [0.25, 0.3) is 10.3 Å². The molecule has 0 bridgehead atoms. The Morgan fingerprint density at radius 1 is 1.10 bits per heavy atom. The number of aromatic nitrogens is 2. The average molecular weight is 626 g/mol. The van der Waals surface area contributed by atoms with Crippen LogP contribution in [0.2, 0.25) is 10.2 Å². The molecular formula is C31H34Cl2N6O2S. The van der Waals surface area contributed by atoms with Gasteiger partial charge in [0.1, 0.15) is 21.2 Å². The Bertz CT molecular complexity index is 1650. The second-order valence-corrected chi connectivity index (χ2v) is 13.9. The molecular weight excluding hydrogens is 591 g/mol. The number of anilines is 4. The van der Waals surface area contributed by atoms with Gasteiger partial charge in [0.2, 0.25) is 0 Å². The molecule has 2 aromatic carbocycles. The molecule has 2 aliphatic rings. The Labute approximate surface area is 259 Å². The molecule has 3 N–H and O–H groups in total. The highest BCUT2D eigenvalue weighted by Crippen LogP contribution is 2.61. The molecule has 2 aliphatic heterocycles. The van der Waals surface area contributed by atoms with Gasteiger partial charge in [-0.3, -0.25) is 5.32 Å². The highest BCUT2D eigenvalue weighted by atomic mass is 35.5. The number of pyridine rings is 1. The molecule has 0 saturated carbocycles. The molecule has 1 saturated heterocycles. The summed E-state index contributed by atoms with van der Waals surface area (Å²) in [6.07, 6.45) is 2.83. The minimum absolute atomic E-state index is 0.0338. The van der Waals surface area contributed by atoms with Crippen LogP contribution in [-0.4, -0.2) is 42.2 Å². The van der Waals surface area contributed by atoms with Crippen LogP contribution in [0.15, 0.2) is 48.5 Å². The number of fused-ring (bicyclic) bond motifs is 3. The van der Waals surface area contributed by atoms with Crippen LogP contribution in [0.1, 0.15) is 45.6 Å². The van der Waals surface area contributed by atoms with Gasteiger partial charge in [0.15, 0.2) is 5.13 Å². The van der Waals surface area contributed by atoms with E-state index in [1.807, 2.05) is 30.3 Å². The zero-order valence-corrected chi connectivity index (χ0v) is 26.4. The summed E-state index contributed by atoms with van der Waals surface area (Å²) in [4.78, 5) is 25.2. The number of piperidine rings is 1. The third-order valence-corrected chi connectivity index (χ3v) is 9.56. The van der Waals surface area contributed by atoms with Gasteiger partial charge in [-0.15, -0.1) is 0 Å². The third kappa shape index (κ3) is 5.28. The quantitative estimate of drug-likeness (QED) is 0.194. The number of para-hydroxylation sites is 2. The van der Waals surface area contributed by atoms with Crippen molar-refractivity contribution in [3.63, 3.8) is 0 Å². The smallest absolute Gasteiger partial charge is 0.325 e. The van der Waals surface area contributed by atoms with Crippen LogP contribution in [0.3, 0.4) is 0 Å². The molecule has 2 amide bonds. The zero-order chi connectivity index (χ0) is 29.6. The van der Waals surface area contributed by atoms with Gasteiger partial charge in [0.25, 0.3) is 0 Å². The summed E-state index contributed by atoms with van der Waals surface area (Å²) < 4.78 is 5.98. The number of urea groups is 1. The van der Waals surface area contributed by atoms with Gasteiger partial charge < -0.3 is 20.3 Å². The largest absolute Gasteiger partial charge is 0.495 e. The third-order valence-electron chi connectivity index (χ3n) is 8.15. The average Bonchev–Trinajstić information content (AvgIpc) is 3.45. The first-order valence-corrected chi connectivity index (χ1v) is 15.6. The number of halogens is 2. The van der Waals surface area contributed by atoms with Crippen LogP contribution in [0, 0.1) is 5.41 Å². The molecule has 4 heterocycles. The lowest BCUT2D eigenvalue weighted by Crippen LogP contribution is -2.50. The lowest BCUT2D eigenvalue weighted by Gasteiger charge is -2.45. The standard InChI is InChI=1S/C31H34Cl2N6O2S/c1-30(2,3)17-23-31(13-15-34-16-14-31)25-18(32)9-11-22(41-4)26(25)39(23)21-8-6-5-7-19(21)35-28(40)38-29-36-20-10-12-24(33)37-27(20)42-29/h5-12,23,34H,13-17H2,1-4H3,(H2,35,36,38,40).